The second-order valence-corrected chi connectivity index (χ2v) is 10.8. The number of allylic oxidation sites excluding steroid dienone is 2. The normalized spacial score (nSPS) is 13.9. The number of ether oxygens (including phenoxy) is 2. The highest BCUT2D eigenvalue weighted by Gasteiger charge is 2.38. The van der Waals surface area contributed by atoms with Crippen molar-refractivity contribution in [2.45, 2.75) is 52.7 Å². The molecule has 10 heteroatoms. The summed E-state index contributed by atoms with van der Waals surface area (Å²) < 4.78 is 11.7. The topological polar surface area (TPSA) is 118 Å². The fourth-order valence-electron chi connectivity index (χ4n) is 3.49. The van der Waals surface area contributed by atoms with Gasteiger partial charge in [0.15, 0.2) is 11.5 Å². The number of aromatic amines is 1. The summed E-state index contributed by atoms with van der Waals surface area (Å²) in [5.74, 6) is -0.910. The first-order valence-electron chi connectivity index (χ1n) is 10.7. The summed E-state index contributed by atoms with van der Waals surface area (Å²) in [6.45, 7) is 9.05. The average Bonchev–Trinajstić information content (AvgIpc) is 3.12. The van der Waals surface area contributed by atoms with Crippen LogP contribution in [0, 0.1) is 0 Å². The third-order valence-corrected chi connectivity index (χ3v) is 6.01. The molecule has 1 aromatic carbocycles. The monoisotopic (exact) mass is 596 g/mol. The molecule has 1 heterocycles. The lowest BCUT2D eigenvalue weighted by atomic mass is 9.86. The van der Waals surface area contributed by atoms with Crippen molar-refractivity contribution in [2.24, 2.45) is 0 Å². The Morgan fingerprint density at radius 1 is 1.15 bits per heavy atom. The van der Waals surface area contributed by atoms with Crippen LogP contribution in [-0.2, 0) is 15.9 Å². The van der Waals surface area contributed by atoms with Gasteiger partial charge in [-0.3, -0.25) is 9.59 Å². The molecule has 1 aromatic heterocycles. The number of halogens is 2. The van der Waals surface area contributed by atoms with Gasteiger partial charge in [-0.25, -0.2) is 4.79 Å². The maximum Gasteiger partial charge on any atom is 0.407 e. The van der Waals surface area contributed by atoms with Gasteiger partial charge in [-0.15, -0.1) is 0 Å². The van der Waals surface area contributed by atoms with Crippen LogP contribution in [0.15, 0.2) is 33.0 Å². The fourth-order valence-corrected chi connectivity index (χ4v) is 4.68. The number of benzene rings is 1. The van der Waals surface area contributed by atoms with E-state index < -0.39 is 17.5 Å². The summed E-state index contributed by atoms with van der Waals surface area (Å²) in [6.07, 6.45) is 0.988. The molecule has 0 saturated heterocycles. The van der Waals surface area contributed by atoms with Crippen molar-refractivity contribution >= 4 is 55.1 Å². The minimum absolute atomic E-state index is 0.0264. The van der Waals surface area contributed by atoms with Crippen LogP contribution in [0.4, 0.5) is 4.79 Å². The second-order valence-electron chi connectivity index (χ2n) is 9.06. The van der Waals surface area contributed by atoms with Crippen molar-refractivity contribution in [2.75, 3.05) is 6.54 Å². The number of phenols is 1. The molecule has 3 N–H and O–H groups in total. The summed E-state index contributed by atoms with van der Waals surface area (Å²) in [7, 11) is 0. The van der Waals surface area contributed by atoms with Gasteiger partial charge in [-0.2, -0.15) is 0 Å². The molecule has 0 aliphatic heterocycles. The number of aromatic nitrogens is 1. The van der Waals surface area contributed by atoms with Gasteiger partial charge in [0.1, 0.15) is 17.0 Å². The van der Waals surface area contributed by atoms with Gasteiger partial charge in [-0.05, 0) is 96.2 Å². The highest BCUT2D eigenvalue weighted by Crippen LogP contribution is 2.40. The molecule has 2 aromatic rings. The Labute approximate surface area is 214 Å². The molecule has 1 aliphatic carbocycles. The van der Waals surface area contributed by atoms with Gasteiger partial charge in [0.2, 0.25) is 5.78 Å². The molecule has 0 bridgehead atoms. The lowest BCUT2D eigenvalue weighted by Crippen LogP contribution is -2.33. The summed E-state index contributed by atoms with van der Waals surface area (Å²) in [5, 5.41) is 12.8. The van der Waals surface area contributed by atoms with E-state index in [1.165, 1.54) is 0 Å². The van der Waals surface area contributed by atoms with Crippen LogP contribution in [0.3, 0.4) is 0 Å². The minimum Gasteiger partial charge on any atom is -0.506 e. The highest BCUT2D eigenvalue weighted by molar-refractivity contribution is 9.11. The van der Waals surface area contributed by atoms with E-state index in [-0.39, 0.29) is 46.8 Å². The molecule has 0 saturated carbocycles. The number of hydrogen-bond donors (Lipinski definition) is 3. The van der Waals surface area contributed by atoms with Crippen LogP contribution >= 0.6 is 31.9 Å². The zero-order valence-electron chi connectivity index (χ0n) is 19.5. The summed E-state index contributed by atoms with van der Waals surface area (Å²) >= 11 is 6.56. The first-order chi connectivity index (χ1) is 15.8. The third-order valence-electron chi connectivity index (χ3n) is 4.80. The van der Waals surface area contributed by atoms with Gasteiger partial charge in [0.05, 0.1) is 26.2 Å². The van der Waals surface area contributed by atoms with Gasteiger partial charge in [-0.1, -0.05) is 0 Å². The van der Waals surface area contributed by atoms with Crippen LogP contribution in [0.2, 0.25) is 0 Å². The van der Waals surface area contributed by atoms with Crippen molar-refractivity contribution in [3.05, 3.63) is 55.4 Å². The van der Waals surface area contributed by atoms with E-state index in [0.717, 1.165) is 0 Å². The smallest absolute Gasteiger partial charge is 0.407 e. The number of carbonyl (C=O) groups excluding carboxylic acids is 3. The Morgan fingerprint density at radius 3 is 2.32 bits per heavy atom. The van der Waals surface area contributed by atoms with Gasteiger partial charge < -0.3 is 24.9 Å². The molecule has 0 radical (unpaired) electrons. The van der Waals surface area contributed by atoms with Crippen LogP contribution in [0.5, 0.6) is 5.75 Å². The number of fused-ring (bicyclic) bond motifs is 1. The van der Waals surface area contributed by atoms with Crippen molar-refractivity contribution < 1.29 is 29.0 Å². The van der Waals surface area contributed by atoms with Crippen LogP contribution in [-0.4, -0.2) is 46.0 Å². The Morgan fingerprint density at radius 2 is 1.76 bits per heavy atom. The first kappa shape index (κ1) is 26.0. The molecule has 0 unspecified atom stereocenters. The maximum absolute atomic E-state index is 13.7. The predicted octanol–water partition coefficient (Wildman–Crippen LogP) is 5.53. The molecule has 0 fully saturated rings. The van der Waals surface area contributed by atoms with E-state index in [4.69, 9.17) is 9.47 Å². The van der Waals surface area contributed by atoms with E-state index >= 15 is 0 Å². The maximum atomic E-state index is 13.7. The highest BCUT2D eigenvalue weighted by atomic mass is 79.9. The lowest BCUT2D eigenvalue weighted by Gasteiger charge is -2.22. The lowest BCUT2D eigenvalue weighted by molar-refractivity contribution is 0.0528. The summed E-state index contributed by atoms with van der Waals surface area (Å²) in [5.41, 5.74) is 0.862. The number of hydrogen-bond acceptors (Lipinski definition) is 6. The van der Waals surface area contributed by atoms with Crippen molar-refractivity contribution in [1.29, 1.82) is 0 Å². The van der Waals surface area contributed by atoms with E-state index in [1.807, 2.05) is 0 Å². The number of ketones is 2. The summed E-state index contributed by atoms with van der Waals surface area (Å²) in [4.78, 5) is 41.9. The molecule has 182 valence electrons. The number of aromatic hydroxyl groups is 1. The number of rotatable bonds is 6. The number of alkyl carbamates (subject to hydrolysis) is 1. The Bertz CT molecular complexity index is 1170. The Hall–Kier alpha value is -2.59. The van der Waals surface area contributed by atoms with Gasteiger partial charge >= 0.3 is 6.09 Å². The Balaban J connectivity index is 1.97. The minimum atomic E-state index is -0.626. The SMILES string of the molecule is CC(C)OC1=C(c2cc(Br)c(O)c(Br)c2)C(=O)c2c(CCNC(=O)OC(C)(C)C)c[nH]c2C1=O. The average molecular weight is 598 g/mol. The molecule has 34 heavy (non-hydrogen) atoms. The number of carbonyl (C=O) groups is 3. The van der Waals surface area contributed by atoms with E-state index in [2.05, 4.69) is 42.2 Å². The number of nitrogens with one attached hydrogen (secondary N) is 2. The Kier molecular flexibility index (Phi) is 7.62. The largest absolute Gasteiger partial charge is 0.506 e. The van der Waals surface area contributed by atoms with Crippen LogP contribution in [0.25, 0.3) is 5.57 Å². The molecule has 0 spiro atoms. The van der Waals surface area contributed by atoms with Crippen LogP contribution < -0.4 is 5.32 Å². The number of H-pyrrole nitrogens is 1. The predicted molar refractivity (Wildman–Crippen MR) is 134 cm³/mol. The zero-order valence-corrected chi connectivity index (χ0v) is 22.6. The molecule has 8 nitrogen and oxygen atoms in total. The van der Waals surface area contributed by atoms with E-state index in [9.17, 15) is 19.5 Å². The van der Waals surface area contributed by atoms with E-state index in [1.54, 1.807) is 52.9 Å². The van der Waals surface area contributed by atoms with Crippen molar-refractivity contribution in [3.63, 3.8) is 0 Å². The molecule has 0 atom stereocenters. The van der Waals surface area contributed by atoms with Gasteiger partial charge in [0.25, 0.3) is 0 Å². The summed E-state index contributed by atoms with van der Waals surface area (Å²) in [6, 6.07) is 3.12. The molecular formula is C24H26Br2N2O6. The van der Waals surface area contributed by atoms with Gasteiger partial charge in [0, 0.05) is 12.7 Å². The molecule has 1 amide bonds. The first-order valence-corrected chi connectivity index (χ1v) is 12.2. The zero-order chi connectivity index (χ0) is 25.4. The standard InChI is InChI=1S/C24H26Br2N2O6/c1-11(2)33-22-17(13-8-14(25)19(29)15(26)9-13)20(30)16-12(10-28-18(16)21(22)31)6-7-27-23(32)34-24(3,4)5/h8-11,28-29H,6-7H2,1-5H3,(H,27,32). The quantitative estimate of drug-likeness (QED) is 0.403. The molecular weight excluding hydrogens is 572 g/mol. The van der Waals surface area contributed by atoms with Crippen molar-refractivity contribution in [3.8, 4) is 5.75 Å². The van der Waals surface area contributed by atoms with Crippen molar-refractivity contribution in [1.82, 2.24) is 10.3 Å². The fraction of sp³-hybridized carbons (Fsp3) is 0.375. The number of amides is 1. The molecule has 1 aliphatic rings. The van der Waals surface area contributed by atoms with E-state index in [0.29, 0.717) is 26.5 Å². The third kappa shape index (κ3) is 5.55. The second kappa shape index (κ2) is 9.95. The van der Waals surface area contributed by atoms with Crippen LogP contribution in [0.1, 0.15) is 66.6 Å². The number of Topliss-reactive ketones (excluding diaryl/α,β-unsaturated/α-hetero) is 2. The molecule has 3 rings (SSSR count). The number of phenolic OH excluding ortho intramolecular Hbond substituents is 1.